The fourth-order valence-electron chi connectivity index (χ4n) is 3.71. The molecule has 0 saturated carbocycles. The van der Waals surface area contributed by atoms with Crippen LogP contribution in [0.1, 0.15) is 27.9 Å². The molecule has 3 aromatic rings. The topological polar surface area (TPSA) is 101 Å². The second-order valence-corrected chi connectivity index (χ2v) is 7.74. The van der Waals surface area contributed by atoms with E-state index in [1.807, 2.05) is 0 Å². The lowest BCUT2D eigenvalue weighted by Crippen LogP contribution is -2.41. The third kappa shape index (κ3) is 3.81. The molecule has 156 valence electrons. The average molecular weight is 437 g/mol. The number of nitro groups is 1. The SMILES string of the molecule is O=C(C[C@]1(O)C(=O)N(Cc2ccc(Cl)cc2)c2ccccc21)c1ccc([N+](=O)[O-])cc1. The zero-order chi connectivity index (χ0) is 22.2. The maximum atomic E-state index is 13.3. The molecule has 0 radical (unpaired) electrons. The molecule has 1 aliphatic heterocycles. The van der Waals surface area contributed by atoms with Gasteiger partial charge in [0.15, 0.2) is 11.4 Å². The summed E-state index contributed by atoms with van der Waals surface area (Å²) >= 11 is 5.93. The van der Waals surface area contributed by atoms with Crippen LogP contribution in [0.2, 0.25) is 5.02 Å². The predicted octanol–water partition coefficient (Wildman–Crippen LogP) is 4.26. The number of hydrogen-bond acceptors (Lipinski definition) is 5. The van der Waals surface area contributed by atoms with Crippen LogP contribution in [0.15, 0.2) is 72.8 Å². The van der Waals surface area contributed by atoms with Crippen molar-refractivity contribution in [2.24, 2.45) is 0 Å². The highest BCUT2D eigenvalue weighted by atomic mass is 35.5. The third-order valence-corrected chi connectivity index (χ3v) is 5.56. The molecule has 1 aliphatic rings. The van der Waals surface area contributed by atoms with Gasteiger partial charge < -0.3 is 10.0 Å². The minimum Gasteiger partial charge on any atom is -0.375 e. The van der Waals surface area contributed by atoms with Gasteiger partial charge >= 0.3 is 0 Å². The molecule has 0 aliphatic carbocycles. The molecule has 1 atom stereocenters. The number of fused-ring (bicyclic) bond motifs is 1. The number of aliphatic hydroxyl groups is 1. The third-order valence-electron chi connectivity index (χ3n) is 5.31. The summed E-state index contributed by atoms with van der Waals surface area (Å²) in [7, 11) is 0. The standard InChI is InChI=1S/C23H17ClN2O5/c24-17-9-5-15(6-10-17)14-25-20-4-2-1-3-19(20)23(29,22(25)28)13-21(27)16-7-11-18(12-8-16)26(30)31/h1-12,29H,13-14H2/t23-/m1/s1. The summed E-state index contributed by atoms with van der Waals surface area (Å²) in [5, 5.41) is 22.7. The van der Waals surface area contributed by atoms with Gasteiger partial charge in [-0.15, -0.1) is 0 Å². The lowest BCUT2D eigenvalue weighted by Gasteiger charge is -2.23. The first-order chi connectivity index (χ1) is 14.8. The number of non-ortho nitro benzene ring substituents is 1. The molecule has 0 spiro atoms. The van der Waals surface area contributed by atoms with Crippen molar-refractivity contribution in [1.29, 1.82) is 0 Å². The van der Waals surface area contributed by atoms with Crippen molar-refractivity contribution in [3.63, 3.8) is 0 Å². The van der Waals surface area contributed by atoms with Crippen LogP contribution >= 0.6 is 11.6 Å². The number of Topliss-reactive ketones (excluding diaryl/α,β-unsaturated/α-hetero) is 1. The Morgan fingerprint density at radius 3 is 2.32 bits per heavy atom. The minimum atomic E-state index is -2.03. The van der Waals surface area contributed by atoms with E-state index in [1.54, 1.807) is 48.5 Å². The summed E-state index contributed by atoms with van der Waals surface area (Å²) in [5.41, 5.74) is -0.293. The highest BCUT2D eigenvalue weighted by Crippen LogP contribution is 2.43. The second-order valence-electron chi connectivity index (χ2n) is 7.30. The van der Waals surface area contributed by atoms with Crippen molar-refractivity contribution in [2.75, 3.05) is 4.90 Å². The fraction of sp³-hybridized carbons (Fsp3) is 0.130. The zero-order valence-electron chi connectivity index (χ0n) is 16.2. The first-order valence-electron chi connectivity index (χ1n) is 9.45. The Hall–Kier alpha value is -3.55. The fourth-order valence-corrected chi connectivity index (χ4v) is 3.84. The van der Waals surface area contributed by atoms with E-state index in [1.165, 1.54) is 29.2 Å². The number of hydrogen-bond donors (Lipinski definition) is 1. The van der Waals surface area contributed by atoms with Crippen molar-refractivity contribution >= 4 is 34.7 Å². The summed E-state index contributed by atoms with van der Waals surface area (Å²) in [6.45, 7) is 0.209. The van der Waals surface area contributed by atoms with Gasteiger partial charge in [0.25, 0.3) is 11.6 Å². The molecule has 0 unspecified atom stereocenters. The van der Waals surface area contributed by atoms with Gasteiger partial charge in [-0.05, 0) is 35.9 Å². The predicted molar refractivity (Wildman–Crippen MR) is 115 cm³/mol. The molecule has 4 rings (SSSR count). The quantitative estimate of drug-likeness (QED) is 0.353. The first kappa shape index (κ1) is 20.7. The Kier molecular flexibility index (Phi) is 5.31. The Bertz CT molecular complexity index is 1180. The van der Waals surface area contributed by atoms with Crippen LogP contribution in [0.3, 0.4) is 0 Å². The highest BCUT2D eigenvalue weighted by molar-refractivity contribution is 6.30. The molecule has 1 N–H and O–H groups in total. The summed E-state index contributed by atoms with van der Waals surface area (Å²) in [6, 6.07) is 18.9. The van der Waals surface area contributed by atoms with E-state index >= 15 is 0 Å². The molecular formula is C23H17ClN2O5. The number of nitrogens with zero attached hydrogens (tertiary/aromatic N) is 2. The van der Waals surface area contributed by atoms with E-state index in [2.05, 4.69) is 0 Å². The van der Waals surface area contributed by atoms with Crippen LogP contribution in [0.4, 0.5) is 11.4 Å². The maximum absolute atomic E-state index is 13.3. The van der Waals surface area contributed by atoms with Crippen molar-refractivity contribution < 1.29 is 19.6 Å². The van der Waals surface area contributed by atoms with E-state index in [-0.39, 0.29) is 17.8 Å². The second kappa shape index (κ2) is 7.94. The number of para-hydroxylation sites is 1. The zero-order valence-corrected chi connectivity index (χ0v) is 17.0. The molecular weight excluding hydrogens is 420 g/mol. The monoisotopic (exact) mass is 436 g/mol. The summed E-state index contributed by atoms with van der Waals surface area (Å²) < 4.78 is 0. The number of nitro benzene ring substituents is 1. The highest BCUT2D eigenvalue weighted by Gasteiger charge is 2.50. The van der Waals surface area contributed by atoms with E-state index < -0.39 is 28.6 Å². The molecule has 7 nitrogen and oxygen atoms in total. The van der Waals surface area contributed by atoms with Crippen molar-refractivity contribution in [2.45, 2.75) is 18.6 Å². The van der Waals surface area contributed by atoms with Crippen molar-refractivity contribution in [3.8, 4) is 0 Å². The molecule has 0 aromatic heterocycles. The number of anilines is 1. The Balaban J connectivity index is 1.63. The van der Waals surface area contributed by atoms with Crippen LogP contribution in [-0.2, 0) is 16.9 Å². The van der Waals surface area contributed by atoms with Crippen LogP contribution in [0.5, 0.6) is 0 Å². The molecule has 8 heteroatoms. The molecule has 1 amide bonds. The number of amides is 1. The minimum absolute atomic E-state index is 0.147. The summed E-state index contributed by atoms with van der Waals surface area (Å²) in [5.74, 6) is -1.09. The maximum Gasteiger partial charge on any atom is 0.269 e. The normalized spacial score (nSPS) is 17.5. The number of benzene rings is 3. The largest absolute Gasteiger partial charge is 0.375 e. The van der Waals surface area contributed by atoms with Gasteiger partial charge in [0.2, 0.25) is 0 Å². The first-order valence-corrected chi connectivity index (χ1v) is 9.83. The lowest BCUT2D eigenvalue weighted by atomic mass is 9.88. The van der Waals surface area contributed by atoms with E-state index in [4.69, 9.17) is 11.6 Å². The van der Waals surface area contributed by atoms with Crippen molar-refractivity contribution in [3.05, 3.63) is 105 Å². The van der Waals surface area contributed by atoms with Crippen LogP contribution in [-0.4, -0.2) is 21.7 Å². The molecule has 0 fully saturated rings. The Morgan fingerprint density at radius 1 is 1.03 bits per heavy atom. The Morgan fingerprint density at radius 2 is 1.68 bits per heavy atom. The van der Waals surface area contributed by atoms with Gasteiger partial charge in [-0.3, -0.25) is 19.7 Å². The lowest BCUT2D eigenvalue weighted by molar-refractivity contribution is -0.384. The smallest absolute Gasteiger partial charge is 0.269 e. The van der Waals surface area contributed by atoms with E-state index in [0.29, 0.717) is 16.3 Å². The number of carbonyl (C=O) groups is 2. The van der Waals surface area contributed by atoms with Gasteiger partial charge in [-0.1, -0.05) is 41.9 Å². The summed E-state index contributed by atoms with van der Waals surface area (Å²) in [6.07, 6.45) is -0.474. The van der Waals surface area contributed by atoms with E-state index in [9.17, 15) is 24.8 Å². The summed E-state index contributed by atoms with van der Waals surface area (Å²) in [4.78, 5) is 37.8. The van der Waals surface area contributed by atoms with Gasteiger partial charge in [0.05, 0.1) is 23.6 Å². The van der Waals surface area contributed by atoms with Gasteiger partial charge in [0, 0.05) is 28.3 Å². The number of rotatable bonds is 6. The van der Waals surface area contributed by atoms with Crippen molar-refractivity contribution in [1.82, 2.24) is 0 Å². The number of carbonyl (C=O) groups excluding carboxylic acids is 2. The molecule has 0 bridgehead atoms. The molecule has 31 heavy (non-hydrogen) atoms. The molecule has 0 saturated heterocycles. The molecule has 1 heterocycles. The number of halogens is 1. The molecule has 3 aromatic carbocycles. The average Bonchev–Trinajstić information content (AvgIpc) is 2.97. The van der Waals surface area contributed by atoms with Crippen LogP contribution in [0, 0.1) is 10.1 Å². The number of ketones is 1. The van der Waals surface area contributed by atoms with Gasteiger partial charge in [-0.25, -0.2) is 0 Å². The van der Waals surface area contributed by atoms with Crippen LogP contribution in [0.25, 0.3) is 0 Å². The van der Waals surface area contributed by atoms with Gasteiger partial charge in [0.1, 0.15) is 0 Å². The van der Waals surface area contributed by atoms with Crippen LogP contribution < -0.4 is 4.90 Å². The Labute approximate surface area is 182 Å². The van der Waals surface area contributed by atoms with Gasteiger partial charge in [-0.2, -0.15) is 0 Å². The van der Waals surface area contributed by atoms with E-state index in [0.717, 1.165) is 5.56 Å².